The third-order valence-corrected chi connectivity index (χ3v) is 6.55. The van der Waals surface area contributed by atoms with Crippen molar-refractivity contribution in [3.05, 3.63) is 0 Å². The van der Waals surface area contributed by atoms with Gasteiger partial charge in [-0.25, -0.2) is 0 Å². The first-order chi connectivity index (χ1) is 19.1. The maximum atomic E-state index is 11.7. The molecule has 0 saturated carbocycles. The molecule has 4 N–H and O–H groups in total. The van der Waals surface area contributed by atoms with Gasteiger partial charge in [0, 0.05) is 32.2 Å². The van der Waals surface area contributed by atoms with E-state index in [0.717, 1.165) is 77.3 Å². The molecule has 0 fully saturated rings. The summed E-state index contributed by atoms with van der Waals surface area (Å²) in [6.45, 7) is 6.10. The lowest BCUT2D eigenvalue weighted by Gasteiger charge is -2.05. The van der Waals surface area contributed by atoms with Crippen LogP contribution in [0.3, 0.4) is 0 Å². The van der Waals surface area contributed by atoms with Gasteiger partial charge in [0.2, 0.25) is 5.91 Å². The second-order valence-electron chi connectivity index (χ2n) is 10.5. The molecule has 1 amide bonds. The summed E-state index contributed by atoms with van der Waals surface area (Å²) in [6, 6.07) is 0. The summed E-state index contributed by atoms with van der Waals surface area (Å²) in [7, 11) is 0. The maximum Gasteiger partial charge on any atom is 0.303 e. The van der Waals surface area contributed by atoms with Crippen LogP contribution in [-0.4, -0.2) is 30.1 Å². The summed E-state index contributed by atoms with van der Waals surface area (Å²) in [5.74, 6) is 11.7. The molecule has 0 heterocycles. The number of hydrogen-bond donors (Lipinski definition) is 3. The Hall–Kier alpha value is -1.98. The minimum Gasteiger partial charge on any atom is -0.481 e. The highest BCUT2D eigenvalue weighted by Gasteiger charge is 2.00. The number of nitrogens with two attached hydrogens (primary N) is 1. The Balaban J connectivity index is 0. The lowest BCUT2D eigenvalue weighted by Crippen LogP contribution is -2.23. The van der Waals surface area contributed by atoms with Crippen LogP contribution in [0.15, 0.2) is 0 Å². The van der Waals surface area contributed by atoms with Gasteiger partial charge in [-0.2, -0.15) is 0 Å². The highest BCUT2D eigenvalue weighted by Crippen LogP contribution is 2.09. The molecule has 0 unspecified atom stereocenters. The lowest BCUT2D eigenvalue weighted by molar-refractivity contribution is -0.137. The molecule has 0 spiro atoms. The van der Waals surface area contributed by atoms with Crippen molar-refractivity contribution in [2.75, 3.05) is 13.1 Å². The molecular weight excluding hydrogens is 484 g/mol. The van der Waals surface area contributed by atoms with E-state index in [1.807, 2.05) is 0 Å². The van der Waals surface area contributed by atoms with E-state index in [2.05, 4.69) is 42.8 Å². The van der Waals surface area contributed by atoms with Crippen molar-refractivity contribution in [2.24, 2.45) is 5.73 Å². The molecule has 5 nitrogen and oxygen atoms in total. The third kappa shape index (κ3) is 40.7. The van der Waals surface area contributed by atoms with E-state index in [0.29, 0.717) is 12.8 Å². The molecule has 0 aromatic heterocycles. The number of carbonyl (C=O) groups excluding carboxylic acids is 1. The van der Waals surface area contributed by atoms with Crippen LogP contribution in [0.5, 0.6) is 0 Å². The highest BCUT2D eigenvalue weighted by atomic mass is 16.4. The molecule has 0 aliphatic carbocycles. The van der Waals surface area contributed by atoms with Gasteiger partial charge >= 0.3 is 5.97 Å². The summed E-state index contributed by atoms with van der Waals surface area (Å²) in [6.07, 6.45) is 26.0. The van der Waals surface area contributed by atoms with Crippen LogP contribution in [0.25, 0.3) is 0 Å². The van der Waals surface area contributed by atoms with Crippen LogP contribution in [-0.2, 0) is 9.59 Å². The van der Waals surface area contributed by atoms with Crippen molar-refractivity contribution >= 4 is 11.9 Å². The minimum absolute atomic E-state index is 0.214. The number of carbonyl (C=O) groups is 2. The van der Waals surface area contributed by atoms with Crippen LogP contribution in [0.1, 0.15) is 168 Å². The first-order valence-corrected chi connectivity index (χ1v) is 16.2. The fraction of sp³-hybridized carbons (Fsp3) is 0.824. The summed E-state index contributed by atoms with van der Waals surface area (Å²) in [5.41, 5.74) is 5.27. The molecule has 0 rings (SSSR count). The molecule has 5 heteroatoms. The number of rotatable bonds is 25. The van der Waals surface area contributed by atoms with Gasteiger partial charge < -0.3 is 16.2 Å². The van der Waals surface area contributed by atoms with E-state index in [4.69, 9.17) is 10.8 Å². The normalized spacial score (nSPS) is 9.92. The molecule has 0 saturated heterocycles. The molecule has 0 bridgehead atoms. The van der Waals surface area contributed by atoms with Crippen molar-refractivity contribution in [3.63, 3.8) is 0 Å². The monoisotopic (exact) mass is 546 g/mol. The summed E-state index contributed by atoms with van der Waals surface area (Å²) in [4.78, 5) is 22.1. The van der Waals surface area contributed by atoms with Crippen LogP contribution in [0.2, 0.25) is 0 Å². The van der Waals surface area contributed by atoms with E-state index < -0.39 is 5.97 Å². The van der Waals surface area contributed by atoms with Crippen LogP contribution >= 0.6 is 0 Å². The van der Waals surface area contributed by atoms with Gasteiger partial charge in [0.25, 0.3) is 0 Å². The molecule has 0 radical (unpaired) electrons. The number of carboxylic acid groups (broad SMARTS) is 1. The topological polar surface area (TPSA) is 92.4 Å². The lowest BCUT2D eigenvalue weighted by atomic mass is 10.1. The predicted octanol–water partition coefficient (Wildman–Crippen LogP) is 8.54. The van der Waals surface area contributed by atoms with Gasteiger partial charge in [-0.05, 0) is 56.9 Å². The molecule has 0 aromatic carbocycles. The average Bonchev–Trinajstić information content (AvgIpc) is 2.92. The van der Waals surface area contributed by atoms with E-state index in [1.165, 1.54) is 77.0 Å². The Kier molecular flexibility index (Phi) is 36.2. The van der Waals surface area contributed by atoms with Crippen molar-refractivity contribution in [3.8, 4) is 23.7 Å². The number of aliphatic carboxylic acids is 1. The van der Waals surface area contributed by atoms with Gasteiger partial charge in [0.15, 0.2) is 0 Å². The molecule has 39 heavy (non-hydrogen) atoms. The van der Waals surface area contributed by atoms with Crippen molar-refractivity contribution in [1.82, 2.24) is 5.32 Å². The Morgan fingerprint density at radius 2 is 1.03 bits per heavy atom. The van der Waals surface area contributed by atoms with Crippen LogP contribution in [0.4, 0.5) is 0 Å². The Bertz CT molecular complexity index is 651. The fourth-order valence-electron chi connectivity index (χ4n) is 4.06. The molecule has 0 aromatic rings. The predicted molar refractivity (Wildman–Crippen MR) is 167 cm³/mol. The summed E-state index contributed by atoms with van der Waals surface area (Å²) < 4.78 is 0. The molecule has 0 aliphatic rings. The van der Waals surface area contributed by atoms with Crippen molar-refractivity contribution in [2.45, 2.75) is 168 Å². The first kappa shape index (κ1) is 39.2. The number of amides is 1. The van der Waals surface area contributed by atoms with Crippen LogP contribution in [0, 0.1) is 23.7 Å². The molecular formula is C34H62N2O3. The molecule has 0 aliphatic heterocycles. The minimum atomic E-state index is -0.692. The maximum absolute atomic E-state index is 11.7. The third-order valence-electron chi connectivity index (χ3n) is 6.55. The Morgan fingerprint density at radius 3 is 1.51 bits per heavy atom. The molecule has 0 atom stereocenters. The second-order valence-corrected chi connectivity index (χ2v) is 10.5. The SMILES string of the molecule is CCCCCCN.CCCCCCNC(=O)CCCCCCCCC#CC#CCCCCCCCCC(=O)O. The van der Waals surface area contributed by atoms with Gasteiger partial charge in [0.05, 0.1) is 0 Å². The van der Waals surface area contributed by atoms with Crippen molar-refractivity contribution < 1.29 is 14.7 Å². The number of nitrogens with one attached hydrogen (secondary N) is 1. The van der Waals surface area contributed by atoms with Gasteiger partial charge in [-0.1, -0.05) is 116 Å². The summed E-state index contributed by atoms with van der Waals surface area (Å²) >= 11 is 0. The average molecular weight is 547 g/mol. The quantitative estimate of drug-likeness (QED) is 0.0790. The fourth-order valence-corrected chi connectivity index (χ4v) is 4.06. The zero-order chi connectivity index (χ0) is 29.1. The Labute approximate surface area is 242 Å². The first-order valence-electron chi connectivity index (χ1n) is 16.2. The largest absolute Gasteiger partial charge is 0.481 e. The van der Waals surface area contributed by atoms with Crippen molar-refractivity contribution in [1.29, 1.82) is 0 Å². The number of hydrogen-bond acceptors (Lipinski definition) is 3. The standard InChI is InChI=1S/C28H47NO3.C6H15N/c1-2-3-4-23-26-29-27(30)24-21-19-17-15-13-11-9-7-5-6-8-10-12-14-16-18-20-22-25-28(31)32;1-2-3-4-5-6-7/h2-4,9-26H2,1H3,(H,29,30)(H,31,32);2-7H2,1H3. The van der Waals surface area contributed by atoms with E-state index >= 15 is 0 Å². The smallest absolute Gasteiger partial charge is 0.303 e. The van der Waals surface area contributed by atoms with E-state index in [-0.39, 0.29) is 5.91 Å². The van der Waals surface area contributed by atoms with Crippen LogP contribution < -0.4 is 11.1 Å². The zero-order valence-electron chi connectivity index (χ0n) is 25.7. The number of carboxylic acids is 1. The van der Waals surface area contributed by atoms with E-state index in [9.17, 15) is 9.59 Å². The zero-order valence-corrected chi connectivity index (χ0v) is 25.7. The molecule has 226 valence electrons. The second kappa shape index (κ2) is 36.0. The van der Waals surface area contributed by atoms with Gasteiger partial charge in [0.1, 0.15) is 0 Å². The number of unbranched alkanes of at least 4 members (excludes halogenated alkanes) is 18. The highest BCUT2D eigenvalue weighted by molar-refractivity contribution is 5.75. The summed E-state index contributed by atoms with van der Waals surface area (Å²) in [5, 5.41) is 11.6. The Morgan fingerprint density at radius 1 is 0.590 bits per heavy atom. The van der Waals surface area contributed by atoms with Gasteiger partial charge in [-0.3, -0.25) is 9.59 Å². The van der Waals surface area contributed by atoms with E-state index in [1.54, 1.807) is 0 Å². The van der Waals surface area contributed by atoms with Gasteiger partial charge in [-0.15, -0.1) is 0 Å².